The summed E-state index contributed by atoms with van der Waals surface area (Å²) in [5.41, 5.74) is 8.27. The molecule has 4 heterocycles. The SMILES string of the molecule is Nc1c(C(=O)NC[C@H]2CCCO2)cc2c(=O)n3ccccc3nc2[n+]1Cc1ccc(Cl)cc1. The normalized spacial score (nSPS) is 15.8. The van der Waals surface area contributed by atoms with E-state index in [0.717, 1.165) is 18.4 Å². The number of ether oxygens (including phenoxy) is 1. The summed E-state index contributed by atoms with van der Waals surface area (Å²) in [5.74, 6) is -0.123. The topological polar surface area (TPSA) is 103 Å². The number of amides is 1. The number of benzene rings is 1. The summed E-state index contributed by atoms with van der Waals surface area (Å²) < 4.78 is 8.75. The Labute approximate surface area is 194 Å². The molecular formula is C24H23ClN5O3+. The van der Waals surface area contributed by atoms with Crippen LogP contribution >= 0.6 is 11.6 Å². The highest BCUT2D eigenvalue weighted by Gasteiger charge is 2.25. The fourth-order valence-corrected chi connectivity index (χ4v) is 4.25. The van der Waals surface area contributed by atoms with Crippen LogP contribution in [0.2, 0.25) is 5.02 Å². The number of anilines is 1. The average Bonchev–Trinajstić information content (AvgIpc) is 3.35. The number of fused-ring (bicyclic) bond motifs is 2. The number of nitrogen functional groups attached to an aromatic ring is 1. The van der Waals surface area contributed by atoms with Crippen molar-refractivity contribution in [2.24, 2.45) is 0 Å². The van der Waals surface area contributed by atoms with Gasteiger partial charge in [-0.25, -0.2) is 4.57 Å². The van der Waals surface area contributed by atoms with Gasteiger partial charge in [0.05, 0.1) is 12.6 Å². The summed E-state index contributed by atoms with van der Waals surface area (Å²) >= 11 is 6.03. The number of halogens is 1. The van der Waals surface area contributed by atoms with Crippen LogP contribution in [0.3, 0.4) is 0 Å². The maximum Gasteiger partial charge on any atom is 0.278 e. The van der Waals surface area contributed by atoms with Crippen LogP contribution in [0.25, 0.3) is 16.7 Å². The number of hydrogen-bond donors (Lipinski definition) is 2. The minimum atomic E-state index is -0.354. The van der Waals surface area contributed by atoms with Gasteiger partial charge in [0, 0.05) is 24.4 Å². The van der Waals surface area contributed by atoms with Crippen molar-refractivity contribution in [2.75, 3.05) is 18.9 Å². The summed E-state index contributed by atoms with van der Waals surface area (Å²) in [5, 5.41) is 3.82. The molecule has 5 rings (SSSR count). The molecule has 1 aliphatic rings. The lowest BCUT2D eigenvalue weighted by molar-refractivity contribution is -0.649. The van der Waals surface area contributed by atoms with Crippen molar-refractivity contribution >= 4 is 40.0 Å². The van der Waals surface area contributed by atoms with E-state index in [1.165, 1.54) is 10.5 Å². The van der Waals surface area contributed by atoms with E-state index in [2.05, 4.69) is 5.32 Å². The first kappa shape index (κ1) is 21.4. The van der Waals surface area contributed by atoms with Crippen LogP contribution < -0.4 is 21.2 Å². The molecule has 0 saturated carbocycles. The Morgan fingerprint density at radius 2 is 2.09 bits per heavy atom. The molecule has 0 bridgehead atoms. The van der Waals surface area contributed by atoms with Gasteiger partial charge in [0.25, 0.3) is 17.1 Å². The van der Waals surface area contributed by atoms with E-state index in [1.54, 1.807) is 35.0 Å². The number of nitrogens with one attached hydrogen (secondary N) is 1. The second kappa shape index (κ2) is 8.80. The number of nitrogens with zero attached hydrogens (tertiary/aromatic N) is 3. The molecule has 1 aromatic carbocycles. The summed E-state index contributed by atoms with van der Waals surface area (Å²) in [6, 6.07) is 14.2. The van der Waals surface area contributed by atoms with Crippen molar-refractivity contribution in [3.05, 3.63) is 81.2 Å². The zero-order valence-corrected chi connectivity index (χ0v) is 18.6. The first-order valence-corrected chi connectivity index (χ1v) is 11.2. The third-order valence-electron chi connectivity index (χ3n) is 5.87. The fourth-order valence-electron chi connectivity index (χ4n) is 4.12. The molecular weight excluding hydrogens is 442 g/mol. The molecule has 1 atom stereocenters. The van der Waals surface area contributed by atoms with Gasteiger partial charge in [-0.05, 0) is 48.7 Å². The first-order valence-electron chi connectivity index (χ1n) is 10.8. The molecule has 1 saturated heterocycles. The molecule has 0 unspecified atom stereocenters. The molecule has 3 aromatic heterocycles. The Kier molecular flexibility index (Phi) is 5.70. The van der Waals surface area contributed by atoms with E-state index in [1.807, 2.05) is 18.2 Å². The fraction of sp³-hybridized carbons (Fsp3) is 0.250. The highest BCUT2D eigenvalue weighted by molar-refractivity contribution is 6.30. The first-order chi connectivity index (χ1) is 16.0. The molecule has 1 aliphatic heterocycles. The van der Waals surface area contributed by atoms with E-state index in [4.69, 9.17) is 27.1 Å². The van der Waals surface area contributed by atoms with Crippen molar-refractivity contribution in [1.29, 1.82) is 0 Å². The van der Waals surface area contributed by atoms with Crippen molar-refractivity contribution in [3.63, 3.8) is 0 Å². The van der Waals surface area contributed by atoms with Gasteiger partial charge in [-0.15, -0.1) is 0 Å². The monoisotopic (exact) mass is 464 g/mol. The Bertz CT molecular complexity index is 1410. The van der Waals surface area contributed by atoms with Gasteiger partial charge >= 0.3 is 0 Å². The smallest absolute Gasteiger partial charge is 0.278 e. The van der Waals surface area contributed by atoms with Crippen LogP contribution in [0.1, 0.15) is 28.8 Å². The molecule has 1 amide bonds. The van der Waals surface area contributed by atoms with E-state index < -0.39 is 0 Å². The van der Waals surface area contributed by atoms with E-state index >= 15 is 0 Å². The lowest BCUT2D eigenvalue weighted by atomic mass is 10.1. The van der Waals surface area contributed by atoms with E-state index in [0.29, 0.717) is 41.4 Å². The highest BCUT2D eigenvalue weighted by atomic mass is 35.5. The number of rotatable bonds is 5. The second-order valence-corrected chi connectivity index (χ2v) is 8.52. The van der Waals surface area contributed by atoms with Gasteiger partial charge in [-0.2, -0.15) is 0 Å². The number of aromatic nitrogens is 3. The van der Waals surface area contributed by atoms with Crippen LogP contribution in [0.15, 0.2) is 59.5 Å². The van der Waals surface area contributed by atoms with Gasteiger partial charge < -0.3 is 15.8 Å². The maximum atomic E-state index is 13.3. The number of carbonyl (C=O) groups is 1. The lowest BCUT2D eigenvalue weighted by Gasteiger charge is -2.14. The molecule has 8 nitrogen and oxygen atoms in total. The molecule has 0 spiro atoms. The highest BCUT2D eigenvalue weighted by Crippen LogP contribution is 2.17. The number of carbonyl (C=O) groups excluding carboxylic acids is 1. The summed E-state index contributed by atoms with van der Waals surface area (Å²) in [7, 11) is 0. The molecule has 1 fully saturated rings. The lowest BCUT2D eigenvalue weighted by Crippen LogP contribution is -2.43. The van der Waals surface area contributed by atoms with Gasteiger partial charge in [-0.3, -0.25) is 14.0 Å². The van der Waals surface area contributed by atoms with Crippen LogP contribution in [0, 0.1) is 0 Å². The van der Waals surface area contributed by atoms with Gasteiger partial charge in [0.15, 0.2) is 0 Å². The largest absolute Gasteiger partial charge is 0.376 e. The zero-order chi connectivity index (χ0) is 22.9. The van der Waals surface area contributed by atoms with E-state index in [-0.39, 0.29) is 29.0 Å². The third-order valence-corrected chi connectivity index (χ3v) is 6.12. The summed E-state index contributed by atoms with van der Waals surface area (Å²) in [6.07, 6.45) is 3.53. The van der Waals surface area contributed by atoms with Crippen LogP contribution in [0.5, 0.6) is 0 Å². The minimum Gasteiger partial charge on any atom is -0.376 e. The van der Waals surface area contributed by atoms with Crippen molar-refractivity contribution in [1.82, 2.24) is 14.7 Å². The van der Waals surface area contributed by atoms with Gasteiger partial charge in [0.2, 0.25) is 11.5 Å². The predicted molar refractivity (Wildman–Crippen MR) is 125 cm³/mol. The number of pyridine rings is 2. The number of nitrogens with two attached hydrogens (primary N) is 1. The Hall–Kier alpha value is -3.49. The van der Waals surface area contributed by atoms with Crippen LogP contribution in [-0.2, 0) is 11.3 Å². The molecule has 168 valence electrons. The molecule has 4 aromatic rings. The van der Waals surface area contributed by atoms with E-state index in [9.17, 15) is 9.59 Å². The van der Waals surface area contributed by atoms with Crippen LogP contribution in [-0.4, -0.2) is 34.5 Å². The Morgan fingerprint density at radius 3 is 2.85 bits per heavy atom. The Morgan fingerprint density at radius 1 is 1.27 bits per heavy atom. The number of hydrogen-bond acceptors (Lipinski definition) is 5. The van der Waals surface area contributed by atoms with Crippen molar-refractivity contribution in [3.8, 4) is 0 Å². The molecule has 9 heteroatoms. The Balaban J connectivity index is 1.65. The molecule has 0 aliphatic carbocycles. The second-order valence-electron chi connectivity index (χ2n) is 8.08. The zero-order valence-electron chi connectivity index (χ0n) is 17.8. The minimum absolute atomic E-state index is 0.00643. The van der Waals surface area contributed by atoms with Gasteiger partial charge in [-0.1, -0.05) is 34.8 Å². The summed E-state index contributed by atoms with van der Waals surface area (Å²) in [6.45, 7) is 1.42. The molecule has 0 radical (unpaired) electrons. The molecule has 3 N–H and O–H groups in total. The van der Waals surface area contributed by atoms with Crippen molar-refractivity contribution in [2.45, 2.75) is 25.5 Å². The van der Waals surface area contributed by atoms with Crippen molar-refractivity contribution < 1.29 is 14.1 Å². The maximum absolute atomic E-state index is 13.3. The quantitative estimate of drug-likeness (QED) is 0.348. The third kappa shape index (κ3) is 4.15. The average molecular weight is 465 g/mol. The summed E-state index contributed by atoms with van der Waals surface area (Å²) in [4.78, 5) is 31.1. The standard InChI is InChI=1S/C24H22ClN5O3/c25-16-8-6-15(7-9-16)14-30-21(26)18(23(31)27-13-17-4-3-11-33-17)12-19-22(30)28-20-5-1-2-10-29(20)24(19)32/h1-2,5-10,12,17,26H,3-4,11,13-14H2,(H,27,31)/p+1/t17-/m1/s1. The predicted octanol–water partition coefficient (Wildman–Crippen LogP) is 2.33. The van der Waals surface area contributed by atoms with Gasteiger partial charge in [0.1, 0.15) is 10.9 Å². The molecule has 33 heavy (non-hydrogen) atoms. The van der Waals surface area contributed by atoms with Crippen LogP contribution in [0.4, 0.5) is 5.82 Å².